The van der Waals surface area contributed by atoms with Gasteiger partial charge in [0.1, 0.15) is 5.54 Å². The lowest BCUT2D eigenvalue weighted by Gasteiger charge is -2.19. The van der Waals surface area contributed by atoms with E-state index in [0.29, 0.717) is 25.9 Å². The third-order valence-electron chi connectivity index (χ3n) is 4.14. The molecule has 0 aromatic heterocycles. The van der Waals surface area contributed by atoms with Gasteiger partial charge in [-0.3, -0.25) is 14.5 Å². The van der Waals surface area contributed by atoms with Gasteiger partial charge < -0.3 is 16.0 Å². The SMILES string of the molecule is CCNCCNC(=O)CCN1C(=O)NC2(CCCC2)C1=O.Cl. The molecule has 8 heteroatoms. The second kappa shape index (κ2) is 8.33. The van der Waals surface area contributed by atoms with Crippen LogP contribution in [0.3, 0.4) is 0 Å². The molecule has 1 heterocycles. The highest BCUT2D eigenvalue weighted by Crippen LogP contribution is 2.34. The molecule has 2 rings (SSSR count). The number of rotatable bonds is 7. The van der Waals surface area contributed by atoms with Crippen LogP contribution < -0.4 is 16.0 Å². The topological polar surface area (TPSA) is 90.5 Å². The molecule has 0 atom stereocenters. The average Bonchev–Trinajstić information content (AvgIpc) is 3.01. The maximum absolute atomic E-state index is 12.4. The number of urea groups is 1. The van der Waals surface area contributed by atoms with E-state index in [9.17, 15) is 14.4 Å². The fraction of sp³-hybridized carbons (Fsp3) is 0.786. The first-order chi connectivity index (χ1) is 10.1. The lowest BCUT2D eigenvalue weighted by atomic mass is 9.98. The monoisotopic (exact) mass is 332 g/mol. The average molecular weight is 333 g/mol. The van der Waals surface area contributed by atoms with Crippen LogP contribution in [0.1, 0.15) is 39.0 Å². The molecular formula is C14H25ClN4O3. The number of hydrogen-bond acceptors (Lipinski definition) is 4. The zero-order valence-electron chi connectivity index (χ0n) is 12.9. The summed E-state index contributed by atoms with van der Waals surface area (Å²) < 4.78 is 0. The highest BCUT2D eigenvalue weighted by atomic mass is 35.5. The molecule has 0 unspecified atom stereocenters. The van der Waals surface area contributed by atoms with Gasteiger partial charge in [0.05, 0.1) is 0 Å². The molecule has 4 amide bonds. The smallest absolute Gasteiger partial charge is 0.325 e. The number of amides is 4. The Bertz CT molecular complexity index is 424. The number of nitrogens with one attached hydrogen (secondary N) is 3. The summed E-state index contributed by atoms with van der Waals surface area (Å²) in [6.45, 7) is 4.28. The van der Waals surface area contributed by atoms with E-state index >= 15 is 0 Å². The van der Waals surface area contributed by atoms with Crippen molar-refractivity contribution < 1.29 is 14.4 Å². The van der Waals surface area contributed by atoms with Crippen LogP contribution in [0.4, 0.5) is 4.79 Å². The highest BCUT2D eigenvalue weighted by molar-refractivity contribution is 6.07. The summed E-state index contributed by atoms with van der Waals surface area (Å²) in [5.41, 5.74) is -0.682. The van der Waals surface area contributed by atoms with Gasteiger partial charge in [0.25, 0.3) is 5.91 Å². The van der Waals surface area contributed by atoms with Crippen molar-refractivity contribution in [3.8, 4) is 0 Å². The predicted octanol–water partition coefficient (Wildman–Crippen LogP) is 0.389. The van der Waals surface area contributed by atoms with Gasteiger partial charge in [-0.05, 0) is 19.4 Å². The Morgan fingerprint density at radius 2 is 1.95 bits per heavy atom. The van der Waals surface area contributed by atoms with Crippen LogP contribution in [0.2, 0.25) is 0 Å². The van der Waals surface area contributed by atoms with Crippen LogP contribution in [0.15, 0.2) is 0 Å². The van der Waals surface area contributed by atoms with Crippen molar-refractivity contribution in [3.63, 3.8) is 0 Å². The third kappa shape index (κ3) is 4.10. The van der Waals surface area contributed by atoms with E-state index in [0.717, 1.165) is 19.4 Å². The number of carbonyl (C=O) groups excluding carboxylic acids is 3. The number of hydrogen-bond donors (Lipinski definition) is 3. The Kier molecular flexibility index (Phi) is 7.09. The van der Waals surface area contributed by atoms with Crippen LogP contribution in [0.25, 0.3) is 0 Å². The van der Waals surface area contributed by atoms with Gasteiger partial charge in [-0.2, -0.15) is 0 Å². The molecule has 7 nitrogen and oxygen atoms in total. The van der Waals surface area contributed by atoms with E-state index in [2.05, 4.69) is 16.0 Å². The molecular weight excluding hydrogens is 308 g/mol. The normalized spacial score (nSPS) is 19.2. The Balaban J connectivity index is 0.00000242. The number of nitrogens with zero attached hydrogens (tertiary/aromatic N) is 1. The van der Waals surface area contributed by atoms with Crippen molar-refractivity contribution in [2.45, 2.75) is 44.6 Å². The summed E-state index contributed by atoms with van der Waals surface area (Å²) in [4.78, 5) is 37.1. The molecule has 1 spiro atoms. The first-order valence-corrected chi connectivity index (χ1v) is 7.70. The third-order valence-corrected chi connectivity index (χ3v) is 4.14. The van der Waals surface area contributed by atoms with Crippen LogP contribution in [0, 0.1) is 0 Å². The standard InChI is InChI=1S/C14H24N4O3.ClH/c1-2-15-8-9-16-11(19)5-10-18-12(20)14(17-13(18)21)6-3-4-7-14;/h15H,2-10H2,1H3,(H,16,19)(H,17,21);1H. The number of likely N-dealkylation sites (N-methyl/N-ethyl adjacent to an activating group) is 1. The van der Waals surface area contributed by atoms with E-state index in [4.69, 9.17) is 0 Å². The number of imide groups is 1. The molecule has 126 valence electrons. The van der Waals surface area contributed by atoms with Crippen molar-refractivity contribution in [2.75, 3.05) is 26.2 Å². The van der Waals surface area contributed by atoms with Gasteiger partial charge >= 0.3 is 6.03 Å². The van der Waals surface area contributed by atoms with Gasteiger partial charge in [-0.15, -0.1) is 12.4 Å². The van der Waals surface area contributed by atoms with Gasteiger partial charge in [-0.25, -0.2) is 4.79 Å². The molecule has 1 aliphatic heterocycles. The lowest BCUT2D eigenvalue weighted by molar-refractivity contribution is -0.131. The summed E-state index contributed by atoms with van der Waals surface area (Å²) in [6.07, 6.45) is 3.50. The molecule has 0 aromatic rings. The fourth-order valence-electron chi connectivity index (χ4n) is 2.97. The summed E-state index contributed by atoms with van der Waals surface area (Å²) >= 11 is 0. The van der Waals surface area contributed by atoms with E-state index in [1.165, 1.54) is 4.90 Å². The van der Waals surface area contributed by atoms with E-state index in [1.807, 2.05) is 6.92 Å². The second-order valence-corrected chi connectivity index (χ2v) is 5.63. The van der Waals surface area contributed by atoms with Crippen LogP contribution in [-0.4, -0.2) is 54.5 Å². The molecule has 0 bridgehead atoms. The molecule has 1 aliphatic carbocycles. The molecule has 1 saturated carbocycles. The summed E-state index contributed by atoms with van der Waals surface area (Å²) in [5.74, 6) is -0.300. The molecule has 3 N–H and O–H groups in total. The zero-order valence-corrected chi connectivity index (χ0v) is 13.8. The predicted molar refractivity (Wildman–Crippen MR) is 84.9 cm³/mol. The fourth-order valence-corrected chi connectivity index (χ4v) is 2.97. The molecule has 0 radical (unpaired) electrons. The van der Waals surface area contributed by atoms with Crippen LogP contribution in [0.5, 0.6) is 0 Å². The van der Waals surface area contributed by atoms with Crippen molar-refractivity contribution in [1.29, 1.82) is 0 Å². The summed E-state index contributed by atoms with van der Waals surface area (Å²) in [6, 6.07) is -0.359. The maximum Gasteiger partial charge on any atom is 0.325 e. The van der Waals surface area contributed by atoms with Gasteiger partial charge in [0.15, 0.2) is 0 Å². The number of halogens is 1. The van der Waals surface area contributed by atoms with Gasteiger partial charge in [0.2, 0.25) is 5.91 Å². The quantitative estimate of drug-likeness (QED) is 0.464. The minimum atomic E-state index is -0.682. The second-order valence-electron chi connectivity index (χ2n) is 5.63. The van der Waals surface area contributed by atoms with Crippen molar-refractivity contribution >= 4 is 30.3 Å². The minimum absolute atomic E-state index is 0. The van der Waals surface area contributed by atoms with Crippen molar-refractivity contribution in [3.05, 3.63) is 0 Å². The molecule has 2 aliphatic rings. The first-order valence-electron chi connectivity index (χ1n) is 7.70. The van der Waals surface area contributed by atoms with Crippen LogP contribution >= 0.6 is 12.4 Å². The summed E-state index contributed by atoms with van der Waals surface area (Å²) in [7, 11) is 0. The largest absolute Gasteiger partial charge is 0.355 e. The number of carbonyl (C=O) groups is 3. The van der Waals surface area contributed by atoms with Gasteiger partial charge in [0, 0.05) is 26.1 Å². The Morgan fingerprint density at radius 1 is 1.27 bits per heavy atom. The van der Waals surface area contributed by atoms with Crippen molar-refractivity contribution in [2.24, 2.45) is 0 Å². The first kappa shape index (κ1) is 18.7. The van der Waals surface area contributed by atoms with E-state index in [-0.39, 0.29) is 43.2 Å². The Morgan fingerprint density at radius 3 is 2.59 bits per heavy atom. The zero-order chi connectivity index (χ0) is 15.3. The summed E-state index contributed by atoms with van der Waals surface area (Å²) in [5, 5.41) is 8.67. The van der Waals surface area contributed by atoms with Gasteiger partial charge in [-0.1, -0.05) is 19.8 Å². The Hall–Kier alpha value is -1.34. The maximum atomic E-state index is 12.4. The van der Waals surface area contributed by atoms with E-state index < -0.39 is 5.54 Å². The van der Waals surface area contributed by atoms with Crippen LogP contribution in [-0.2, 0) is 9.59 Å². The highest BCUT2D eigenvalue weighted by Gasteiger charge is 2.52. The molecule has 2 fully saturated rings. The van der Waals surface area contributed by atoms with E-state index in [1.54, 1.807) is 0 Å². The Labute approximate surface area is 137 Å². The molecule has 0 aromatic carbocycles. The minimum Gasteiger partial charge on any atom is -0.355 e. The molecule has 22 heavy (non-hydrogen) atoms. The molecule has 1 saturated heterocycles. The van der Waals surface area contributed by atoms with Crippen molar-refractivity contribution in [1.82, 2.24) is 20.9 Å². The lowest BCUT2D eigenvalue weighted by Crippen LogP contribution is -2.44.